The molecule has 0 saturated carbocycles. The minimum atomic E-state index is 0.618. The van der Waals surface area contributed by atoms with Crippen LogP contribution in [-0.4, -0.2) is 48.3 Å². The first kappa shape index (κ1) is 18.1. The molecular weight excluding hydrogens is 380 g/mol. The minimum Gasteiger partial charge on any atom is -0.493 e. The van der Waals surface area contributed by atoms with Crippen molar-refractivity contribution in [3.8, 4) is 45.0 Å². The molecule has 4 rings (SSSR count). The second-order valence-corrected chi connectivity index (χ2v) is 6.72. The zero-order chi connectivity index (χ0) is 19.7. The first-order chi connectivity index (χ1) is 13.7. The van der Waals surface area contributed by atoms with Crippen LogP contribution in [0.1, 0.15) is 0 Å². The highest BCUT2D eigenvalue weighted by molar-refractivity contribution is 7.19. The van der Waals surface area contributed by atoms with Crippen LogP contribution in [-0.2, 0) is 0 Å². The molecular formula is C19H18N4O4S. The molecule has 0 atom stereocenters. The van der Waals surface area contributed by atoms with Crippen molar-refractivity contribution in [3.63, 3.8) is 0 Å². The van der Waals surface area contributed by atoms with E-state index < -0.39 is 0 Å². The van der Waals surface area contributed by atoms with E-state index in [4.69, 9.17) is 24.0 Å². The van der Waals surface area contributed by atoms with Gasteiger partial charge in [-0.25, -0.2) is 0 Å². The fourth-order valence-electron chi connectivity index (χ4n) is 2.86. The van der Waals surface area contributed by atoms with Gasteiger partial charge in [-0.3, -0.25) is 0 Å². The quantitative estimate of drug-likeness (QED) is 0.491. The van der Waals surface area contributed by atoms with Gasteiger partial charge in [0, 0.05) is 11.1 Å². The molecule has 0 aliphatic heterocycles. The molecule has 28 heavy (non-hydrogen) atoms. The molecule has 0 saturated heterocycles. The Kier molecular flexibility index (Phi) is 4.74. The molecule has 0 amide bonds. The van der Waals surface area contributed by atoms with E-state index in [1.54, 1.807) is 33.0 Å². The van der Waals surface area contributed by atoms with Crippen molar-refractivity contribution in [1.29, 1.82) is 0 Å². The van der Waals surface area contributed by atoms with E-state index in [1.807, 2.05) is 36.4 Å². The number of nitrogens with zero attached hydrogens (tertiary/aromatic N) is 4. The standard InChI is InChI=1S/C19H18N4O4S/c1-24-13-7-5-11(9-15(13)26-3)17-20-21-19-23(17)22-18(28-19)12-6-8-14(25-2)16(10-12)27-4/h5-10H,1-4H3. The van der Waals surface area contributed by atoms with E-state index in [0.717, 1.165) is 16.1 Å². The van der Waals surface area contributed by atoms with Crippen LogP contribution in [0.25, 0.3) is 26.9 Å². The van der Waals surface area contributed by atoms with E-state index in [1.165, 1.54) is 11.3 Å². The van der Waals surface area contributed by atoms with Gasteiger partial charge in [0.05, 0.1) is 28.4 Å². The van der Waals surface area contributed by atoms with Gasteiger partial charge >= 0.3 is 0 Å². The van der Waals surface area contributed by atoms with Crippen LogP contribution in [0.3, 0.4) is 0 Å². The number of ether oxygens (including phenoxy) is 4. The lowest BCUT2D eigenvalue weighted by atomic mass is 10.2. The summed E-state index contributed by atoms with van der Waals surface area (Å²) >= 11 is 1.44. The lowest BCUT2D eigenvalue weighted by molar-refractivity contribution is 0.355. The number of aromatic nitrogens is 4. The minimum absolute atomic E-state index is 0.618. The van der Waals surface area contributed by atoms with Crippen LogP contribution < -0.4 is 18.9 Å². The molecule has 0 fully saturated rings. The molecule has 0 radical (unpaired) electrons. The average molecular weight is 398 g/mol. The molecule has 0 bridgehead atoms. The maximum Gasteiger partial charge on any atom is 0.235 e. The van der Waals surface area contributed by atoms with Gasteiger partial charge in [0.1, 0.15) is 5.01 Å². The maximum absolute atomic E-state index is 5.39. The number of fused-ring (bicyclic) bond motifs is 1. The zero-order valence-corrected chi connectivity index (χ0v) is 16.6. The Labute approximate surface area is 165 Å². The highest BCUT2D eigenvalue weighted by atomic mass is 32.1. The molecule has 0 unspecified atom stereocenters. The third-order valence-electron chi connectivity index (χ3n) is 4.26. The van der Waals surface area contributed by atoms with Crippen molar-refractivity contribution in [1.82, 2.24) is 19.8 Å². The average Bonchev–Trinajstić information content (AvgIpc) is 3.33. The summed E-state index contributed by atoms with van der Waals surface area (Å²) in [5, 5.41) is 14.0. The van der Waals surface area contributed by atoms with Gasteiger partial charge in [-0.05, 0) is 36.4 Å². The van der Waals surface area contributed by atoms with Crippen LogP contribution in [0.5, 0.6) is 23.0 Å². The van der Waals surface area contributed by atoms with Gasteiger partial charge in [-0.15, -0.1) is 10.2 Å². The Morgan fingerprint density at radius 3 is 1.89 bits per heavy atom. The van der Waals surface area contributed by atoms with Crippen molar-refractivity contribution in [2.45, 2.75) is 0 Å². The van der Waals surface area contributed by atoms with Crippen molar-refractivity contribution in [2.24, 2.45) is 0 Å². The molecule has 0 aliphatic rings. The number of hydrogen-bond acceptors (Lipinski definition) is 8. The van der Waals surface area contributed by atoms with Crippen LogP contribution in [0, 0.1) is 0 Å². The van der Waals surface area contributed by atoms with Gasteiger partial charge in [0.15, 0.2) is 28.8 Å². The maximum atomic E-state index is 5.39. The SMILES string of the molecule is COc1ccc(-c2nn3c(-c4ccc(OC)c(OC)c4)nnc3s2)cc1OC. The van der Waals surface area contributed by atoms with Crippen molar-refractivity contribution in [3.05, 3.63) is 36.4 Å². The summed E-state index contributed by atoms with van der Waals surface area (Å²) in [4.78, 5) is 0.689. The number of hydrogen-bond donors (Lipinski definition) is 0. The van der Waals surface area contributed by atoms with E-state index in [-0.39, 0.29) is 0 Å². The fourth-order valence-corrected chi connectivity index (χ4v) is 3.69. The normalized spacial score (nSPS) is 10.9. The van der Waals surface area contributed by atoms with E-state index in [2.05, 4.69) is 10.2 Å². The van der Waals surface area contributed by atoms with E-state index >= 15 is 0 Å². The van der Waals surface area contributed by atoms with Crippen LogP contribution in [0.4, 0.5) is 0 Å². The summed E-state index contributed by atoms with van der Waals surface area (Å²) in [6.07, 6.45) is 0. The smallest absolute Gasteiger partial charge is 0.235 e. The first-order valence-corrected chi connectivity index (χ1v) is 9.17. The lowest BCUT2D eigenvalue weighted by Gasteiger charge is -2.08. The van der Waals surface area contributed by atoms with Gasteiger partial charge in [0.25, 0.3) is 0 Å². The second-order valence-electron chi connectivity index (χ2n) is 5.76. The Bertz CT molecular complexity index is 1140. The second kappa shape index (κ2) is 7.35. The Hall–Kier alpha value is -3.33. The summed E-state index contributed by atoms with van der Waals surface area (Å²) in [6.45, 7) is 0. The van der Waals surface area contributed by atoms with Crippen molar-refractivity contribution < 1.29 is 18.9 Å². The van der Waals surface area contributed by atoms with Gasteiger partial charge < -0.3 is 18.9 Å². The van der Waals surface area contributed by atoms with E-state index in [0.29, 0.717) is 33.8 Å². The topological polar surface area (TPSA) is 80.0 Å². The molecule has 0 N–H and O–H groups in total. The molecule has 2 aromatic carbocycles. The summed E-state index contributed by atoms with van der Waals surface area (Å²) in [5.74, 6) is 3.20. The molecule has 4 aromatic rings. The molecule has 2 aromatic heterocycles. The fraction of sp³-hybridized carbons (Fsp3) is 0.211. The monoisotopic (exact) mass is 398 g/mol. The predicted molar refractivity (Wildman–Crippen MR) is 106 cm³/mol. The highest BCUT2D eigenvalue weighted by Crippen LogP contribution is 2.36. The van der Waals surface area contributed by atoms with Gasteiger partial charge in [-0.2, -0.15) is 9.61 Å². The van der Waals surface area contributed by atoms with Crippen LogP contribution in [0.2, 0.25) is 0 Å². The largest absolute Gasteiger partial charge is 0.493 e. The van der Waals surface area contributed by atoms with E-state index in [9.17, 15) is 0 Å². The Morgan fingerprint density at radius 1 is 0.714 bits per heavy atom. The Balaban J connectivity index is 1.77. The van der Waals surface area contributed by atoms with Gasteiger partial charge in [-0.1, -0.05) is 11.3 Å². The summed E-state index contributed by atoms with van der Waals surface area (Å²) < 4.78 is 23.1. The van der Waals surface area contributed by atoms with Crippen LogP contribution in [0.15, 0.2) is 36.4 Å². The van der Waals surface area contributed by atoms with Crippen LogP contribution >= 0.6 is 11.3 Å². The zero-order valence-electron chi connectivity index (χ0n) is 15.8. The lowest BCUT2D eigenvalue weighted by Crippen LogP contribution is -1.94. The first-order valence-electron chi connectivity index (χ1n) is 8.35. The van der Waals surface area contributed by atoms with Crippen molar-refractivity contribution >= 4 is 16.3 Å². The summed E-state index contributed by atoms with van der Waals surface area (Å²) in [7, 11) is 6.41. The third-order valence-corrected chi connectivity index (χ3v) is 5.21. The molecule has 0 spiro atoms. The molecule has 2 heterocycles. The number of rotatable bonds is 6. The predicted octanol–water partition coefficient (Wildman–Crippen LogP) is 3.55. The highest BCUT2D eigenvalue weighted by Gasteiger charge is 2.17. The molecule has 144 valence electrons. The number of methoxy groups -OCH3 is 4. The summed E-state index contributed by atoms with van der Waals surface area (Å²) in [5.41, 5.74) is 1.74. The summed E-state index contributed by atoms with van der Waals surface area (Å²) in [6, 6.07) is 11.3. The Morgan fingerprint density at radius 2 is 1.29 bits per heavy atom. The number of benzene rings is 2. The third kappa shape index (κ3) is 2.99. The van der Waals surface area contributed by atoms with Crippen molar-refractivity contribution in [2.75, 3.05) is 28.4 Å². The molecule has 0 aliphatic carbocycles. The molecule has 8 nitrogen and oxygen atoms in total. The van der Waals surface area contributed by atoms with Gasteiger partial charge in [0.2, 0.25) is 4.96 Å². The molecule has 9 heteroatoms.